The van der Waals surface area contributed by atoms with Gasteiger partial charge in [0.2, 0.25) is 0 Å². The van der Waals surface area contributed by atoms with Gasteiger partial charge < -0.3 is 5.11 Å². The lowest BCUT2D eigenvalue weighted by Gasteiger charge is -2.25. The molecule has 0 spiro atoms. The maximum atomic E-state index is 13.8. The second kappa shape index (κ2) is 6.14. The number of rotatable bonds is 3. The summed E-state index contributed by atoms with van der Waals surface area (Å²) in [5, 5.41) is 11.1. The summed E-state index contributed by atoms with van der Waals surface area (Å²) in [5.41, 5.74) is -0.246. The van der Waals surface area contributed by atoms with Gasteiger partial charge in [-0.2, -0.15) is 0 Å². The van der Waals surface area contributed by atoms with Gasteiger partial charge in [0.05, 0.1) is 5.60 Å². The average molecular weight is 423 g/mol. The Bertz CT molecular complexity index is 644. The van der Waals surface area contributed by atoms with Crippen molar-refractivity contribution in [2.45, 2.75) is 18.9 Å². The van der Waals surface area contributed by atoms with E-state index in [0.717, 1.165) is 8.95 Å². The molecule has 0 bridgehead atoms. The predicted octanol–water partition coefficient (Wildman–Crippen LogP) is 5.45. The zero-order chi connectivity index (χ0) is 14.9. The van der Waals surface area contributed by atoms with Crippen LogP contribution in [-0.2, 0) is 12.0 Å². The minimum absolute atomic E-state index is 0.139. The lowest BCUT2D eigenvalue weighted by molar-refractivity contribution is 0.0568. The number of halogens is 4. The van der Waals surface area contributed by atoms with E-state index in [0.29, 0.717) is 16.1 Å². The summed E-state index contributed by atoms with van der Waals surface area (Å²) in [5.74, 6) is -0.346. The van der Waals surface area contributed by atoms with Crippen LogP contribution in [0.1, 0.15) is 18.1 Å². The number of aliphatic hydroxyl groups is 1. The van der Waals surface area contributed by atoms with Crippen molar-refractivity contribution in [2.24, 2.45) is 0 Å². The largest absolute Gasteiger partial charge is 0.385 e. The van der Waals surface area contributed by atoms with E-state index in [4.69, 9.17) is 11.6 Å². The average Bonchev–Trinajstić information content (AvgIpc) is 2.33. The Morgan fingerprint density at radius 1 is 1.15 bits per heavy atom. The Morgan fingerprint density at radius 3 is 2.40 bits per heavy atom. The summed E-state index contributed by atoms with van der Waals surface area (Å²) in [6, 6.07) is 9.91. The van der Waals surface area contributed by atoms with Crippen molar-refractivity contribution in [3.05, 3.63) is 67.3 Å². The number of hydrogen-bond donors (Lipinski definition) is 1. The van der Waals surface area contributed by atoms with E-state index in [1.54, 1.807) is 37.3 Å². The Labute approximate surface area is 139 Å². The summed E-state index contributed by atoms with van der Waals surface area (Å²) in [6.07, 6.45) is 0.139. The first-order valence-corrected chi connectivity index (χ1v) is 7.88. The molecular weight excluding hydrogens is 410 g/mol. The van der Waals surface area contributed by atoms with Crippen LogP contribution in [0.3, 0.4) is 0 Å². The molecule has 0 aliphatic carbocycles. The zero-order valence-electron chi connectivity index (χ0n) is 10.6. The molecule has 20 heavy (non-hydrogen) atoms. The molecule has 0 aliphatic heterocycles. The minimum atomic E-state index is -1.25. The van der Waals surface area contributed by atoms with Gasteiger partial charge in [0.25, 0.3) is 0 Å². The summed E-state index contributed by atoms with van der Waals surface area (Å²) in [7, 11) is 0. The molecule has 0 aliphatic rings. The van der Waals surface area contributed by atoms with Crippen LogP contribution >= 0.6 is 43.5 Å². The standard InChI is InChI=1S/C15H12Br2ClFO/c1-15(20,12-4-2-11(17)7-13(12)18)8-9-6-10(16)3-5-14(9)19/h2-7,20H,8H2,1H3. The Balaban J connectivity index is 2.37. The SMILES string of the molecule is CC(O)(Cc1cc(Br)ccc1F)c1ccc(Br)cc1Cl. The van der Waals surface area contributed by atoms with Crippen molar-refractivity contribution in [3.63, 3.8) is 0 Å². The molecule has 0 aromatic heterocycles. The molecule has 0 amide bonds. The fourth-order valence-electron chi connectivity index (χ4n) is 2.07. The van der Waals surface area contributed by atoms with Gasteiger partial charge in [-0.15, -0.1) is 0 Å². The molecule has 1 unspecified atom stereocenters. The van der Waals surface area contributed by atoms with Gasteiger partial charge in [-0.25, -0.2) is 4.39 Å². The Morgan fingerprint density at radius 2 is 1.75 bits per heavy atom. The van der Waals surface area contributed by atoms with Crippen LogP contribution in [0.4, 0.5) is 4.39 Å². The fourth-order valence-corrected chi connectivity index (χ4v) is 3.36. The fraction of sp³-hybridized carbons (Fsp3) is 0.200. The van der Waals surface area contributed by atoms with Crippen molar-refractivity contribution in [2.75, 3.05) is 0 Å². The topological polar surface area (TPSA) is 20.2 Å². The van der Waals surface area contributed by atoms with Crippen LogP contribution in [0, 0.1) is 5.82 Å². The first-order valence-electron chi connectivity index (χ1n) is 5.91. The number of benzene rings is 2. The smallest absolute Gasteiger partial charge is 0.126 e. The van der Waals surface area contributed by atoms with Crippen LogP contribution in [0.15, 0.2) is 45.3 Å². The van der Waals surface area contributed by atoms with Gasteiger partial charge in [0, 0.05) is 26.0 Å². The lowest BCUT2D eigenvalue weighted by atomic mass is 9.89. The molecule has 2 rings (SSSR count). The van der Waals surface area contributed by atoms with Crippen LogP contribution in [0.5, 0.6) is 0 Å². The molecule has 0 saturated heterocycles. The maximum Gasteiger partial charge on any atom is 0.126 e. The summed E-state index contributed by atoms with van der Waals surface area (Å²) in [6.45, 7) is 1.63. The third kappa shape index (κ3) is 3.61. The quantitative estimate of drug-likeness (QED) is 0.697. The van der Waals surface area contributed by atoms with E-state index in [-0.39, 0.29) is 12.2 Å². The molecule has 2 aromatic rings. The molecule has 106 valence electrons. The van der Waals surface area contributed by atoms with Crippen LogP contribution in [0.25, 0.3) is 0 Å². The monoisotopic (exact) mass is 420 g/mol. The molecule has 1 nitrogen and oxygen atoms in total. The molecule has 0 saturated carbocycles. The van der Waals surface area contributed by atoms with Crippen molar-refractivity contribution in [1.82, 2.24) is 0 Å². The van der Waals surface area contributed by atoms with Gasteiger partial charge in [-0.1, -0.05) is 49.5 Å². The van der Waals surface area contributed by atoms with E-state index >= 15 is 0 Å². The molecule has 0 fully saturated rings. The highest BCUT2D eigenvalue weighted by molar-refractivity contribution is 9.10. The molecule has 0 heterocycles. The van der Waals surface area contributed by atoms with E-state index in [2.05, 4.69) is 31.9 Å². The summed E-state index contributed by atoms with van der Waals surface area (Å²) >= 11 is 12.8. The molecule has 5 heteroatoms. The van der Waals surface area contributed by atoms with Crippen LogP contribution < -0.4 is 0 Å². The van der Waals surface area contributed by atoms with Crippen LogP contribution in [0.2, 0.25) is 5.02 Å². The van der Waals surface area contributed by atoms with E-state index in [1.807, 2.05) is 0 Å². The van der Waals surface area contributed by atoms with Crippen molar-refractivity contribution >= 4 is 43.5 Å². The predicted molar refractivity (Wildman–Crippen MR) is 86.5 cm³/mol. The van der Waals surface area contributed by atoms with Gasteiger partial charge in [0.1, 0.15) is 5.82 Å². The van der Waals surface area contributed by atoms with Gasteiger partial charge in [-0.05, 0) is 42.8 Å². The lowest BCUT2D eigenvalue weighted by Crippen LogP contribution is -2.25. The highest BCUT2D eigenvalue weighted by Gasteiger charge is 2.27. The number of hydrogen-bond acceptors (Lipinski definition) is 1. The molecular formula is C15H12Br2ClFO. The molecule has 1 atom stereocenters. The highest BCUT2D eigenvalue weighted by Crippen LogP contribution is 2.33. The van der Waals surface area contributed by atoms with Crippen LogP contribution in [-0.4, -0.2) is 5.11 Å². The van der Waals surface area contributed by atoms with Gasteiger partial charge >= 0.3 is 0 Å². The van der Waals surface area contributed by atoms with E-state index in [1.165, 1.54) is 6.07 Å². The van der Waals surface area contributed by atoms with Gasteiger partial charge in [-0.3, -0.25) is 0 Å². The van der Waals surface area contributed by atoms with Crippen molar-refractivity contribution in [3.8, 4) is 0 Å². The third-order valence-corrected chi connectivity index (χ3v) is 4.35. The van der Waals surface area contributed by atoms with Crippen molar-refractivity contribution < 1.29 is 9.50 Å². The molecule has 2 aromatic carbocycles. The Hall–Kier alpha value is -0.420. The first kappa shape index (κ1) is 16.0. The van der Waals surface area contributed by atoms with Gasteiger partial charge in [0.15, 0.2) is 0 Å². The maximum absolute atomic E-state index is 13.8. The Kier molecular flexibility index (Phi) is 4.90. The van der Waals surface area contributed by atoms with E-state index in [9.17, 15) is 9.50 Å². The normalized spacial score (nSPS) is 14.1. The minimum Gasteiger partial charge on any atom is -0.385 e. The summed E-state index contributed by atoms with van der Waals surface area (Å²) < 4.78 is 15.4. The first-order chi connectivity index (χ1) is 9.29. The van der Waals surface area contributed by atoms with Crippen molar-refractivity contribution in [1.29, 1.82) is 0 Å². The highest BCUT2D eigenvalue weighted by atomic mass is 79.9. The molecule has 1 N–H and O–H groups in total. The summed E-state index contributed by atoms with van der Waals surface area (Å²) in [4.78, 5) is 0. The second-order valence-electron chi connectivity index (χ2n) is 4.81. The second-order valence-corrected chi connectivity index (χ2v) is 7.05. The molecule has 0 radical (unpaired) electrons. The van der Waals surface area contributed by atoms with E-state index < -0.39 is 5.60 Å². The zero-order valence-corrected chi connectivity index (χ0v) is 14.6. The third-order valence-electron chi connectivity index (χ3n) is 3.05.